The number of nitrogens with one attached hydrogen (secondary N) is 1. The Bertz CT molecular complexity index is 1160. The Morgan fingerprint density at radius 1 is 0.906 bits per heavy atom. The van der Waals surface area contributed by atoms with Gasteiger partial charge in [-0.3, -0.25) is 14.4 Å². The maximum Gasteiger partial charge on any atom is 0.275 e. The summed E-state index contributed by atoms with van der Waals surface area (Å²) >= 11 is 0. The predicted octanol–water partition coefficient (Wildman–Crippen LogP) is 2.51. The van der Waals surface area contributed by atoms with Gasteiger partial charge in [-0.1, -0.05) is 36.4 Å². The molecule has 1 aliphatic heterocycles. The van der Waals surface area contributed by atoms with Gasteiger partial charge in [-0.05, 0) is 44.0 Å². The fourth-order valence-corrected chi connectivity index (χ4v) is 3.84. The van der Waals surface area contributed by atoms with Gasteiger partial charge in [0.05, 0.1) is 29.7 Å². The van der Waals surface area contributed by atoms with Gasteiger partial charge >= 0.3 is 0 Å². The summed E-state index contributed by atoms with van der Waals surface area (Å²) in [5.74, 6) is -0.917. The Hall–Kier alpha value is -3.94. The first-order valence-electron chi connectivity index (χ1n) is 10.5. The highest BCUT2D eigenvalue weighted by Crippen LogP contribution is 2.20. The van der Waals surface area contributed by atoms with Crippen LogP contribution in [0.15, 0.2) is 60.8 Å². The van der Waals surface area contributed by atoms with Crippen LogP contribution in [0.1, 0.15) is 38.4 Å². The fourth-order valence-electron chi connectivity index (χ4n) is 3.84. The number of rotatable bonds is 5. The monoisotopic (exact) mass is 431 g/mol. The zero-order valence-corrected chi connectivity index (χ0v) is 18.1. The van der Waals surface area contributed by atoms with Crippen LogP contribution in [-0.4, -0.2) is 57.2 Å². The molecule has 3 amide bonds. The van der Waals surface area contributed by atoms with Crippen molar-refractivity contribution in [2.75, 3.05) is 19.6 Å². The summed E-state index contributed by atoms with van der Waals surface area (Å²) in [6.07, 6.45) is 2.21. The van der Waals surface area contributed by atoms with E-state index in [1.54, 1.807) is 16.8 Å². The van der Waals surface area contributed by atoms with Crippen molar-refractivity contribution in [3.8, 4) is 5.69 Å². The summed E-state index contributed by atoms with van der Waals surface area (Å²) in [5, 5.41) is 9.89. The minimum Gasteiger partial charge on any atom is -0.343 e. The molecule has 1 aliphatic rings. The Morgan fingerprint density at radius 3 is 2.34 bits per heavy atom. The van der Waals surface area contributed by atoms with Crippen LogP contribution >= 0.6 is 0 Å². The first kappa shape index (κ1) is 21.3. The van der Waals surface area contributed by atoms with E-state index in [1.807, 2.05) is 56.3 Å². The summed E-state index contributed by atoms with van der Waals surface area (Å²) < 4.78 is 1.71. The molecule has 0 spiro atoms. The highest BCUT2D eigenvalue weighted by Gasteiger charge is 2.33. The molecular formula is C24H25N5O3. The van der Waals surface area contributed by atoms with Gasteiger partial charge in [-0.25, -0.2) is 14.7 Å². The number of benzene rings is 2. The fraction of sp³-hybridized carbons (Fsp3) is 0.250. The van der Waals surface area contributed by atoms with Crippen LogP contribution < -0.4 is 5.32 Å². The van der Waals surface area contributed by atoms with E-state index in [-0.39, 0.29) is 24.3 Å². The van der Waals surface area contributed by atoms with Crippen molar-refractivity contribution in [3.05, 3.63) is 83.2 Å². The Kier molecular flexibility index (Phi) is 6.02. The molecule has 1 fully saturated rings. The largest absolute Gasteiger partial charge is 0.343 e. The van der Waals surface area contributed by atoms with Crippen LogP contribution in [0.25, 0.3) is 5.69 Å². The standard InChI is InChI=1S/C24H25N5O3/c1-17-9-6-7-12-20(17)23(31)25-16-22(30)27-13-8-14-28(27)24(32)21-15-26-29(18(21)2)19-10-4-3-5-11-19/h3-7,9-12,15H,8,13-14,16H2,1-2H3,(H,25,31). The van der Waals surface area contributed by atoms with Crippen LogP contribution in [0.4, 0.5) is 0 Å². The number of aryl methyl sites for hydroxylation is 1. The number of hydrogen-bond acceptors (Lipinski definition) is 4. The zero-order chi connectivity index (χ0) is 22.7. The normalized spacial score (nSPS) is 13.3. The van der Waals surface area contributed by atoms with E-state index in [2.05, 4.69) is 10.4 Å². The molecule has 3 aromatic rings. The maximum atomic E-state index is 13.2. The van der Waals surface area contributed by atoms with E-state index in [4.69, 9.17) is 0 Å². The second-order valence-corrected chi connectivity index (χ2v) is 7.69. The quantitative estimate of drug-likeness (QED) is 0.673. The number of nitrogens with zero attached hydrogens (tertiary/aromatic N) is 4. The molecule has 0 unspecified atom stereocenters. The molecule has 32 heavy (non-hydrogen) atoms. The first-order chi connectivity index (χ1) is 15.5. The van der Waals surface area contributed by atoms with E-state index in [0.717, 1.165) is 11.3 Å². The second kappa shape index (κ2) is 9.05. The second-order valence-electron chi connectivity index (χ2n) is 7.69. The van der Waals surface area contributed by atoms with E-state index < -0.39 is 0 Å². The molecule has 8 heteroatoms. The molecule has 4 rings (SSSR count). The SMILES string of the molecule is Cc1ccccc1C(=O)NCC(=O)N1CCCN1C(=O)c1cnn(-c2ccccc2)c1C. The average molecular weight is 431 g/mol. The van der Waals surface area contributed by atoms with Gasteiger partial charge in [0.15, 0.2) is 0 Å². The van der Waals surface area contributed by atoms with Crippen molar-refractivity contribution in [2.45, 2.75) is 20.3 Å². The summed E-state index contributed by atoms with van der Waals surface area (Å²) in [4.78, 5) is 38.5. The number of hydrazine groups is 1. The topological polar surface area (TPSA) is 87.5 Å². The summed E-state index contributed by atoms with van der Waals surface area (Å²) in [6, 6.07) is 16.8. The van der Waals surface area contributed by atoms with Gasteiger partial charge in [0, 0.05) is 18.7 Å². The van der Waals surface area contributed by atoms with Crippen LogP contribution in [-0.2, 0) is 4.79 Å². The molecule has 0 atom stereocenters. The van der Waals surface area contributed by atoms with Crippen molar-refractivity contribution in [2.24, 2.45) is 0 Å². The third kappa shape index (κ3) is 4.12. The molecule has 0 saturated carbocycles. The first-order valence-corrected chi connectivity index (χ1v) is 10.5. The van der Waals surface area contributed by atoms with Gasteiger partial charge in [0.1, 0.15) is 0 Å². The number of amides is 3. The summed E-state index contributed by atoms with van der Waals surface area (Å²) in [5.41, 5.74) is 3.36. The average Bonchev–Trinajstić information content (AvgIpc) is 3.45. The molecule has 0 bridgehead atoms. The van der Waals surface area contributed by atoms with Crippen molar-refractivity contribution < 1.29 is 14.4 Å². The van der Waals surface area contributed by atoms with Crippen molar-refractivity contribution in [1.82, 2.24) is 25.1 Å². The Balaban J connectivity index is 1.45. The minimum absolute atomic E-state index is 0.181. The number of carbonyl (C=O) groups is 3. The lowest BCUT2D eigenvalue weighted by Crippen LogP contribution is -2.48. The van der Waals surface area contributed by atoms with Crippen molar-refractivity contribution in [1.29, 1.82) is 0 Å². The van der Waals surface area contributed by atoms with Crippen molar-refractivity contribution >= 4 is 17.7 Å². The molecule has 8 nitrogen and oxygen atoms in total. The van der Waals surface area contributed by atoms with Crippen molar-refractivity contribution in [3.63, 3.8) is 0 Å². The van der Waals surface area contributed by atoms with Gasteiger partial charge in [0.25, 0.3) is 17.7 Å². The molecule has 1 saturated heterocycles. The van der Waals surface area contributed by atoms with E-state index in [0.29, 0.717) is 36.3 Å². The van der Waals surface area contributed by atoms with E-state index in [1.165, 1.54) is 16.2 Å². The van der Waals surface area contributed by atoms with Gasteiger partial charge < -0.3 is 5.32 Å². The van der Waals surface area contributed by atoms with Gasteiger partial charge in [-0.2, -0.15) is 5.10 Å². The Morgan fingerprint density at radius 2 is 1.59 bits per heavy atom. The van der Waals surface area contributed by atoms with Crippen LogP contribution in [0.2, 0.25) is 0 Å². The summed E-state index contributed by atoms with van der Waals surface area (Å²) in [7, 11) is 0. The third-order valence-corrected chi connectivity index (χ3v) is 5.58. The van der Waals surface area contributed by atoms with E-state index >= 15 is 0 Å². The highest BCUT2D eigenvalue weighted by molar-refractivity contribution is 5.99. The van der Waals surface area contributed by atoms with E-state index in [9.17, 15) is 14.4 Å². The lowest BCUT2D eigenvalue weighted by Gasteiger charge is -2.28. The molecule has 1 N–H and O–H groups in total. The smallest absolute Gasteiger partial charge is 0.275 e. The lowest BCUT2D eigenvalue weighted by molar-refractivity contribution is -0.139. The van der Waals surface area contributed by atoms with Crippen LogP contribution in [0.3, 0.4) is 0 Å². The molecule has 2 heterocycles. The minimum atomic E-state index is -0.328. The highest BCUT2D eigenvalue weighted by atomic mass is 16.2. The van der Waals surface area contributed by atoms with Crippen LogP contribution in [0, 0.1) is 13.8 Å². The van der Waals surface area contributed by atoms with Gasteiger partial charge in [0.2, 0.25) is 0 Å². The van der Waals surface area contributed by atoms with Gasteiger partial charge in [-0.15, -0.1) is 0 Å². The molecular weight excluding hydrogens is 406 g/mol. The molecule has 0 radical (unpaired) electrons. The lowest BCUT2D eigenvalue weighted by atomic mass is 10.1. The summed E-state index contributed by atoms with van der Waals surface area (Å²) in [6.45, 7) is 4.36. The molecule has 0 aliphatic carbocycles. The zero-order valence-electron chi connectivity index (χ0n) is 18.1. The van der Waals surface area contributed by atoms with Crippen LogP contribution in [0.5, 0.6) is 0 Å². The maximum absolute atomic E-state index is 13.2. The molecule has 1 aromatic heterocycles. The number of para-hydroxylation sites is 1. The number of carbonyl (C=O) groups excluding carboxylic acids is 3. The predicted molar refractivity (Wildman–Crippen MR) is 119 cm³/mol. The molecule has 2 aromatic carbocycles. The number of aromatic nitrogens is 2. The number of hydrogen-bond donors (Lipinski definition) is 1. The molecule has 164 valence electrons. The Labute approximate surface area is 186 Å². The third-order valence-electron chi connectivity index (χ3n) is 5.58.